The molecule has 0 radical (unpaired) electrons. The van der Waals surface area contributed by atoms with Gasteiger partial charge in [0, 0.05) is 45.5 Å². The van der Waals surface area contributed by atoms with E-state index in [-0.39, 0.29) is 45.5 Å². The number of Topliss-reactive ketones (excluding diaryl/α,β-unsaturated/α-hetero) is 4. The number of benzene rings is 2. The molecule has 4 aliphatic rings. The molecule has 0 aliphatic heterocycles. The summed E-state index contributed by atoms with van der Waals surface area (Å²) in [6, 6.07) is 8.07. The van der Waals surface area contributed by atoms with Crippen LogP contribution in [-0.2, 0) is 9.59 Å². The Kier molecular flexibility index (Phi) is 6.52. The molecule has 2 amide bonds. The zero-order valence-electron chi connectivity index (χ0n) is 21.8. The molecule has 6 rings (SSSR count). The van der Waals surface area contributed by atoms with E-state index in [1.165, 1.54) is 36.4 Å². The minimum Gasteiger partial charge on any atom is -0.352 e. The van der Waals surface area contributed by atoms with Crippen molar-refractivity contribution in [3.8, 4) is 0 Å². The molecule has 2 saturated carbocycles. The van der Waals surface area contributed by atoms with Gasteiger partial charge in [0.25, 0.3) is 0 Å². The highest BCUT2D eigenvalue weighted by atomic mass is 16.2. The number of carbonyl (C=O) groups excluding carboxylic acids is 7. The Morgan fingerprint density at radius 1 is 0.525 bits per heavy atom. The van der Waals surface area contributed by atoms with Crippen LogP contribution in [0, 0.1) is 11.8 Å². The summed E-state index contributed by atoms with van der Waals surface area (Å²) in [5, 5.41) is 5.61. The predicted molar refractivity (Wildman–Crippen MR) is 141 cm³/mol. The maximum Gasteiger partial charge on any atom is 0.239 e. The quantitative estimate of drug-likeness (QED) is 0.423. The third-order valence-electron chi connectivity index (χ3n) is 8.60. The third kappa shape index (κ3) is 4.29. The van der Waals surface area contributed by atoms with Gasteiger partial charge in [-0.25, -0.2) is 0 Å². The first-order valence-corrected chi connectivity index (χ1v) is 13.8. The van der Waals surface area contributed by atoms with Gasteiger partial charge in [-0.05, 0) is 49.9 Å². The molecule has 2 aromatic rings. The van der Waals surface area contributed by atoms with Crippen LogP contribution in [-0.4, -0.2) is 52.8 Å². The fourth-order valence-electron chi connectivity index (χ4n) is 6.42. The Bertz CT molecular complexity index is 1400. The van der Waals surface area contributed by atoms with Crippen molar-refractivity contribution in [2.24, 2.45) is 11.8 Å². The molecule has 2 N–H and O–H groups in total. The second-order valence-electron chi connectivity index (χ2n) is 11.2. The van der Waals surface area contributed by atoms with Crippen molar-refractivity contribution in [1.82, 2.24) is 10.6 Å². The molecule has 9 heteroatoms. The molecule has 2 fully saturated rings. The van der Waals surface area contributed by atoms with Crippen LogP contribution in [0.3, 0.4) is 0 Å². The molecular weight excluding hydrogens is 512 g/mol. The molecule has 0 aromatic heterocycles. The summed E-state index contributed by atoms with van der Waals surface area (Å²) in [6.45, 7) is 0. The average molecular weight is 541 g/mol. The maximum atomic E-state index is 13.4. The van der Waals surface area contributed by atoms with E-state index < -0.39 is 52.6 Å². The minimum absolute atomic E-state index is 0.0125. The van der Waals surface area contributed by atoms with Crippen LogP contribution in [0.5, 0.6) is 0 Å². The fourth-order valence-corrected chi connectivity index (χ4v) is 6.42. The van der Waals surface area contributed by atoms with Crippen LogP contribution < -0.4 is 10.6 Å². The van der Waals surface area contributed by atoms with E-state index >= 15 is 0 Å². The normalized spacial score (nSPS) is 22.5. The molecule has 0 saturated heterocycles. The Hall–Kier alpha value is -4.27. The molecule has 2 unspecified atom stereocenters. The molecule has 0 spiro atoms. The second-order valence-corrected chi connectivity index (χ2v) is 11.2. The summed E-state index contributed by atoms with van der Waals surface area (Å²) >= 11 is 0. The van der Waals surface area contributed by atoms with Crippen LogP contribution in [0.1, 0.15) is 109 Å². The number of hydrogen-bond acceptors (Lipinski definition) is 7. The minimum atomic E-state index is -1.46. The summed E-state index contributed by atoms with van der Waals surface area (Å²) in [4.78, 5) is 90.8. The van der Waals surface area contributed by atoms with Crippen molar-refractivity contribution < 1.29 is 33.6 Å². The van der Waals surface area contributed by atoms with Crippen molar-refractivity contribution in [1.29, 1.82) is 0 Å². The summed E-state index contributed by atoms with van der Waals surface area (Å²) in [5.41, 5.74) is 0.419. The molecular formula is C31H28N2O7. The van der Waals surface area contributed by atoms with Crippen LogP contribution >= 0.6 is 0 Å². The summed E-state index contributed by atoms with van der Waals surface area (Å²) < 4.78 is 0. The summed E-state index contributed by atoms with van der Waals surface area (Å²) in [7, 11) is 0. The highest BCUT2D eigenvalue weighted by Gasteiger charge is 2.46. The van der Waals surface area contributed by atoms with Crippen LogP contribution in [0.15, 0.2) is 36.4 Å². The Labute approximate surface area is 230 Å². The van der Waals surface area contributed by atoms with Crippen molar-refractivity contribution >= 4 is 40.7 Å². The lowest BCUT2D eigenvalue weighted by Crippen LogP contribution is -2.41. The first kappa shape index (κ1) is 26.0. The smallest absolute Gasteiger partial charge is 0.239 e. The molecule has 2 atom stereocenters. The third-order valence-corrected chi connectivity index (χ3v) is 8.60. The average Bonchev–Trinajstić information content (AvgIpc) is 3.73. The zero-order valence-corrected chi connectivity index (χ0v) is 21.8. The molecule has 40 heavy (non-hydrogen) atoms. The first-order chi connectivity index (χ1) is 19.2. The standard InChI is InChI=1S/C31H28N2O7/c34-25(15-9-11-19-21(13-15)28(37)23(26(19)35)30(39)32-17-5-1-2-6-17)16-10-12-20-22(14-16)29(38)24(27(20)36)31(40)33-18-7-3-4-8-18/h9-14,17-18,23-24H,1-8H2,(H,32,39)(H,33,40). The van der Waals surface area contributed by atoms with Gasteiger partial charge in [0.2, 0.25) is 11.8 Å². The van der Waals surface area contributed by atoms with Gasteiger partial charge in [0.05, 0.1) is 0 Å². The highest BCUT2D eigenvalue weighted by Crippen LogP contribution is 2.32. The first-order valence-electron chi connectivity index (χ1n) is 13.8. The Morgan fingerprint density at radius 3 is 1.25 bits per heavy atom. The van der Waals surface area contributed by atoms with E-state index in [0.717, 1.165) is 51.4 Å². The number of carbonyl (C=O) groups is 7. The summed E-state index contributed by atoms with van der Waals surface area (Å²) in [6.07, 6.45) is 7.20. The molecule has 204 valence electrons. The van der Waals surface area contributed by atoms with E-state index in [2.05, 4.69) is 10.6 Å². The largest absolute Gasteiger partial charge is 0.352 e. The van der Waals surface area contributed by atoms with Crippen LogP contribution in [0.25, 0.3) is 0 Å². The van der Waals surface area contributed by atoms with Crippen molar-refractivity contribution in [3.63, 3.8) is 0 Å². The Morgan fingerprint density at radius 2 is 0.875 bits per heavy atom. The zero-order chi connectivity index (χ0) is 28.1. The van der Waals surface area contributed by atoms with E-state index in [9.17, 15) is 33.6 Å². The number of nitrogens with one attached hydrogen (secondary N) is 2. The van der Waals surface area contributed by atoms with Gasteiger partial charge in [-0.1, -0.05) is 37.8 Å². The number of hydrogen-bond donors (Lipinski definition) is 2. The number of rotatable bonds is 6. The van der Waals surface area contributed by atoms with E-state index in [4.69, 9.17) is 0 Å². The molecule has 9 nitrogen and oxygen atoms in total. The van der Waals surface area contributed by atoms with Crippen molar-refractivity contribution in [2.45, 2.75) is 63.5 Å². The van der Waals surface area contributed by atoms with Gasteiger partial charge >= 0.3 is 0 Å². The molecule has 0 bridgehead atoms. The van der Waals surface area contributed by atoms with Crippen molar-refractivity contribution in [3.05, 3.63) is 69.8 Å². The van der Waals surface area contributed by atoms with Gasteiger partial charge in [-0.15, -0.1) is 0 Å². The lowest BCUT2D eigenvalue weighted by molar-refractivity contribution is -0.124. The second kappa shape index (κ2) is 10.0. The van der Waals surface area contributed by atoms with Gasteiger partial charge in [-0.2, -0.15) is 0 Å². The molecule has 2 aromatic carbocycles. The van der Waals surface area contributed by atoms with E-state index in [0.29, 0.717) is 0 Å². The van der Waals surface area contributed by atoms with E-state index in [1.54, 1.807) is 0 Å². The fraction of sp³-hybridized carbons (Fsp3) is 0.387. The van der Waals surface area contributed by atoms with Crippen molar-refractivity contribution in [2.75, 3.05) is 0 Å². The van der Waals surface area contributed by atoms with E-state index in [1.807, 2.05) is 0 Å². The maximum absolute atomic E-state index is 13.4. The molecule has 4 aliphatic carbocycles. The van der Waals surface area contributed by atoms with Gasteiger partial charge in [0.15, 0.2) is 40.8 Å². The van der Waals surface area contributed by atoms with Crippen LogP contribution in [0.4, 0.5) is 0 Å². The predicted octanol–water partition coefficient (Wildman–Crippen LogP) is 3.03. The summed E-state index contributed by atoms with van der Waals surface area (Å²) in [5.74, 6) is -7.13. The highest BCUT2D eigenvalue weighted by molar-refractivity contribution is 6.36. The Balaban J connectivity index is 1.21. The van der Waals surface area contributed by atoms with Gasteiger partial charge in [0.1, 0.15) is 0 Å². The van der Waals surface area contributed by atoms with Gasteiger partial charge in [-0.3, -0.25) is 33.6 Å². The van der Waals surface area contributed by atoms with Gasteiger partial charge < -0.3 is 10.6 Å². The lowest BCUT2D eigenvalue weighted by Gasteiger charge is -2.14. The topological polar surface area (TPSA) is 144 Å². The lowest BCUT2D eigenvalue weighted by atomic mass is 9.96. The van der Waals surface area contributed by atoms with Crippen LogP contribution in [0.2, 0.25) is 0 Å². The number of fused-ring (bicyclic) bond motifs is 2. The monoisotopic (exact) mass is 540 g/mol. The number of amides is 2. The number of ketones is 5. The SMILES string of the molecule is O=C(c1ccc2c(c1)C(=O)C(C(=O)NC1CCCC1)C2=O)c1ccc2c(c1)C(=O)C(C(=O)NC1CCCC1)C2=O. The molecule has 0 heterocycles.